The number of benzene rings is 1. The summed E-state index contributed by atoms with van der Waals surface area (Å²) in [6.07, 6.45) is 4.41. The van der Waals surface area contributed by atoms with Crippen molar-refractivity contribution in [2.24, 2.45) is 4.40 Å². The minimum atomic E-state index is -3.47. The Labute approximate surface area is 188 Å². The lowest BCUT2D eigenvalue weighted by Gasteiger charge is -2.26. The van der Waals surface area contributed by atoms with Crippen molar-refractivity contribution in [3.05, 3.63) is 65.9 Å². The van der Waals surface area contributed by atoms with Gasteiger partial charge < -0.3 is 18.6 Å². The van der Waals surface area contributed by atoms with Gasteiger partial charge in [-0.1, -0.05) is 35.5 Å². The van der Waals surface area contributed by atoms with E-state index in [0.29, 0.717) is 17.0 Å². The number of rotatable bonds is 5. The van der Waals surface area contributed by atoms with Crippen LogP contribution in [0, 0.1) is 6.92 Å². The molecule has 0 aliphatic carbocycles. The monoisotopic (exact) mass is 467 g/mol. The van der Waals surface area contributed by atoms with Crippen molar-refractivity contribution < 1.29 is 26.9 Å². The van der Waals surface area contributed by atoms with Crippen LogP contribution >= 0.6 is 0 Å². The van der Waals surface area contributed by atoms with Gasteiger partial charge in [-0.2, -0.15) is 0 Å². The highest BCUT2D eigenvalue weighted by Crippen LogP contribution is 2.33. The molecule has 2 aliphatic rings. The minimum Gasteiger partial charge on any atom is -0.452 e. The number of carbonyl (C=O) groups is 1. The molecule has 3 aromatic rings. The zero-order valence-corrected chi connectivity index (χ0v) is 18.2. The Morgan fingerprint density at radius 2 is 2.00 bits per heavy atom. The average molecular weight is 467 g/mol. The second-order valence-electron chi connectivity index (χ2n) is 7.25. The van der Waals surface area contributed by atoms with Crippen LogP contribution in [-0.4, -0.2) is 52.8 Å². The fourth-order valence-electron chi connectivity index (χ4n) is 3.36. The van der Waals surface area contributed by atoms with E-state index in [2.05, 4.69) is 19.8 Å². The van der Waals surface area contributed by atoms with Crippen LogP contribution in [0.5, 0.6) is 0 Å². The number of hydrogen-bond donors (Lipinski definition) is 0. The van der Waals surface area contributed by atoms with E-state index in [-0.39, 0.29) is 42.1 Å². The topological polar surface area (TPSA) is 141 Å². The van der Waals surface area contributed by atoms with Gasteiger partial charge in [-0.15, -0.1) is 14.6 Å². The summed E-state index contributed by atoms with van der Waals surface area (Å²) in [4.78, 5) is 14.0. The Hall–Kier alpha value is -4.06. The fourth-order valence-corrected chi connectivity index (χ4v) is 4.33. The number of aryl methyl sites for hydroxylation is 1. The van der Waals surface area contributed by atoms with Crippen molar-refractivity contribution in [1.82, 2.24) is 20.3 Å². The first kappa shape index (κ1) is 20.8. The predicted octanol–water partition coefficient (Wildman–Crippen LogP) is 2.24. The summed E-state index contributed by atoms with van der Waals surface area (Å²) in [7, 11) is -3.47. The molecule has 0 saturated heterocycles. The van der Waals surface area contributed by atoms with Crippen LogP contribution in [-0.2, 0) is 26.2 Å². The van der Waals surface area contributed by atoms with Gasteiger partial charge in [0.25, 0.3) is 21.8 Å². The first-order chi connectivity index (χ1) is 15.9. The number of carbonyl (C=O) groups excluding carboxylic acids is 1. The summed E-state index contributed by atoms with van der Waals surface area (Å²) in [5, 5.41) is 12.1. The van der Waals surface area contributed by atoms with Gasteiger partial charge in [0, 0.05) is 18.3 Å². The van der Waals surface area contributed by atoms with E-state index < -0.39 is 16.0 Å². The van der Waals surface area contributed by atoms with Crippen molar-refractivity contribution >= 4 is 21.8 Å². The number of ether oxygens (including phenoxy) is 1. The number of fused-ring (bicyclic) bond motifs is 1. The third-order valence-electron chi connectivity index (χ3n) is 4.98. The first-order valence-corrected chi connectivity index (χ1v) is 11.5. The molecule has 2 aliphatic heterocycles. The number of nitrogens with zero attached hydrogens (tertiary/aromatic N) is 5. The number of hydrogen-bond acceptors (Lipinski definition) is 10. The maximum atomic E-state index is 12.5. The number of esters is 1. The average Bonchev–Trinajstić information content (AvgIpc) is 3.43. The third-order valence-corrected chi connectivity index (χ3v) is 6.14. The minimum absolute atomic E-state index is 0.102. The molecule has 0 unspecified atom stereocenters. The summed E-state index contributed by atoms with van der Waals surface area (Å²) in [5.41, 5.74) is 2.21. The second kappa shape index (κ2) is 8.13. The molecule has 168 valence electrons. The summed E-state index contributed by atoms with van der Waals surface area (Å²) < 4.78 is 43.2. The summed E-state index contributed by atoms with van der Waals surface area (Å²) in [5.74, 6) is 0.332. The van der Waals surface area contributed by atoms with Gasteiger partial charge in [-0.05, 0) is 19.1 Å². The Morgan fingerprint density at radius 3 is 2.82 bits per heavy atom. The van der Waals surface area contributed by atoms with Crippen molar-refractivity contribution in [3.63, 3.8) is 0 Å². The lowest BCUT2D eigenvalue weighted by molar-refractivity contribution is -0.140. The number of aromatic nitrogens is 3. The van der Waals surface area contributed by atoms with E-state index in [1.54, 1.807) is 11.8 Å². The molecule has 0 atom stereocenters. The van der Waals surface area contributed by atoms with E-state index >= 15 is 0 Å². The van der Waals surface area contributed by atoms with Crippen LogP contribution in [0.2, 0.25) is 0 Å². The largest absolute Gasteiger partial charge is 0.452 e. The summed E-state index contributed by atoms with van der Waals surface area (Å²) >= 11 is 0. The summed E-state index contributed by atoms with van der Waals surface area (Å²) in [6, 6.07) is 9.44. The van der Waals surface area contributed by atoms with Gasteiger partial charge in [-0.25, -0.2) is 13.2 Å². The molecule has 2 aromatic heterocycles. The van der Waals surface area contributed by atoms with Crippen LogP contribution < -0.4 is 0 Å². The standard InChI is InChI=1S/C21H17N5O6S/c1-13-18(19(24-32-13)14-5-3-2-4-6-14)20-23-22-17(31-20)12-30-21(27)15-7-8-16-25-33(28,29)10-9-26(16)11-15/h2-8,11H,9-10,12H2,1H3. The highest BCUT2D eigenvalue weighted by atomic mass is 32.2. The molecular formula is C21H17N5O6S. The van der Waals surface area contributed by atoms with Gasteiger partial charge in [-0.3, -0.25) is 0 Å². The van der Waals surface area contributed by atoms with E-state index in [0.717, 1.165) is 5.56 Å². The second-order valence-corrected chi connectivity index (χ2v) is 9.01. The Morgan fingerprint density at radius 1 is 1.18 bits per heavy atom. The maximum absolute atomic E-state index is 12.5. The van der Waals surface area contributed by atoms with Crippen LogP contribution in [0.25, 0.3) is 22.7 Å². The van der Waals surface area contributed by atoms with Crippen LogP contribution in [0.15, 0.2) is 67.6 Å². The van der Waals surface area contributed by atoms with Gasteiger partial charge in [0.2, 0.25) is 0 Å². The normalized spacial score (nSPS) is 16.7. The molecule has 1 aromatic carbocycles. The molecule has 0 radical (unpaired) electrons. The van der Waals surface area contributed by atoms with Crippen molar-refractivity contribution in [1.29, 1.82) is 0 Å². The molecule has 0 saturated carbocycles. The lowest BCUT2D eigenvalue weighted by Crippen LogP contribution is -2.37. The third kappa shape index (κ3) is 4.20. The van der Waals surface area contributed by atoms with Crippen LogP contribution in [0.1, 0.15) is 11.7 Å². The van der Waals surface area contributed by atoms with Crippen LogP contribution in [0.4, 0.5) is 0 Å². The molecule has 33 heavy (non-hydrogen) atoms. The zero-order chi connectivity index (χ0) is 23.0. The highest BCUT2D eigenvalue weighted by molar-refractivity contribution is 7.90. The number of sulfonamides is 1. The quantitative estimate of drug-likeness (QED) is 0.513. The molecule has 0 amide bonds. The fraction of sp³-hybridized carbons (Fsp3) is 0.190. The van der Waals surface area contributed by atoms with Gasteiger partial charge >= 0.3 is 5.97 Å². The summed E-state index contributed by atoms with van der Waals surface area (Å²) in [6.45, 7) is 1.71. The molecule has 0 bridgehead atoms. The van der Waals surface area contributed by atoms with Gasteiger partial charge in [0.05, 0.1) is 11.3 Å². The Kier molecular flexibility index (Phi) is 5.13. The van der Waals surface area contributed by atoms with Crippen LogP contribution in [0.3, 0.4) is 0 Å². The molecule has 4 heterocycles. The molecule has 0 spiro atoms. The number of amidine groups is 1. The molecular weight excluding hydrogens is 450 g/mol. The molecule has 0 N–H and O–H groups in total. The van der Waals surface area contributed by atoms with E-state index in [1.807, 2.05) is 30.3 Å². The highest BCUT2D eigenvalue weighted by Gasteiger charge is 2.26. The zero-order valence-electron chi connectivity index (χ0n) is 17.3. The van der Waals surface area contributed by atoms with Gasteiger partial charge in [0.1, 0.15) is 22.9 Å². The van der Waals surface area contributed by atoms with Crippen molar-refractivity contribution in [3.8, 4) is 22.7 Å². The predicted molar refractivity (Wildman–Crippen MR) is 115 cm³/mol. The van der Waals surface area contributed by atoms with E-state index in [1.165, 1.54) is 18.4 Å². The smallest absolute Gasteiger partial charge is 0.340 e. The SMILES string of the molecule is Cc1onc(-c2ccccc2)c1-c1nnc(COC(=O)C2=CN3CCS(=O)(=O)N=C3C=C2)o1. The Balaban J connectivity index is 1.29. The van der Waals surface area contributed by atoms with E-state index in [4.69, 9.17) is 13.7 Å². The first-order valence-electron chi connectivity index (χ1n) is 9.90. The molecule has 0 fully saturated rings. The van der Waals surface area contributed by atoms with Crippen molar-refractivity contribution in [2.45, 2.75) is 13.5 Å². The molecule has 12 heteroatoms. The van der Waals surface area contributed by atoms with Crippen molar-refractivity contribution in [2.75, 3.05) is 12.3 Å². The van der Waals surface area contributed by atoms with Gasteiger partial charge in [0.15, 0.2) is 6.61 Å². The maximum Gasteiger partial charge on any atom is 0.340 e. The van der Waals surface area contributed by atoms with E-state index in [9.17, 15) is 13.2 Å². The Bertz CT molecular complexity index is 1420. The molecule has 11 nitrogen and oxygen atoms in total. The molecule has 5 rings (SSSR count). The lowest BCUT2D eigenvalue weighted by atomic mass is 10.1.